The number of rotatable bonds is 17. The fourth-order valence-corrected chi connectivity index (χ4v) is 6.09. The Labute approximate surface area is 215 Å². The molecule has 0 aliphatic rings. The summed E-state index contributed by atoms with van der Waals surface area (Å²) in [6.07, 6.45) is 1.73. The van der Waals surface area contributed by atoms with Crippen molar-refractivity contribution in [2.24, 2.45) is 10.2 Å². The van der Waals surface area contributed by atoms with Crippen molar-refractivity contribution >= 4 is 37.7 Å². The highest BCUT2D eigenvalue weighted by atomic mass is 28.4. The highest BCUT2D eigenvalue weighted by Gasteiger charge is 2.39. The number of nitrogens with one attached hydrogen (secondary N) is 2. The zero-order chi connectivity index (χ0) is 26.1. The van der Waals surface area contributed by atoms with E-state index in [-0.39, 0.29) is 24.7 Å². The molecule has 9 nitrogen and oxygen atoms in total. The van der Waals surface area contributed by atoms with Crippen LogP contribution >= 0.6 is 0 Å². The van der Waals surface area contributed by atoms with Crippen molar-refractivity contribution in [1.29, 1.82) is 0 Å². The number of carbonyl (C=O) groups excluding carboxylic acids is 2. The number of amides is 2. The van der Waals surface area contributed by atoms with E-state index in [0.717, 1.165) is 5.69 Å². The number of hydrogen-bond acceptors (Lipinski definition) is 7. The number of benzene rings is 2. The Kier molecular flexibility index (Phi) is 13.6. The monoisotopic (exact) mass is 514 g/mol. The smallest absolute Gasteiger partial charge is 0.374 e. The van der Waals surface area contributed by atoms with Crippen LogP contribution in [0.4, 0.5) is 17.1 Å². The third-order valence-electron chi connectivity index (χ3n) is 5.07. The lowest BCUT2D eigenvalue weighted by Gasteiger charge is -2.28. The van der Waals surface area contributed by atoms with E-state index in [1.165, 1.54) is 0 Å². The summed E-state index contributed by atoms with van der Waals surface area (Å²) >= 11 is 0. The lowest BCUT2D eigenvalue weighted by atomic mass is 10.2. The van der Waals surface area contributed by atoms with E-state index in [9.17, 15) is 9.59 Å². The maximum absolute atomic E-state index is 12.2. The first kappa shape index (κ1) is 29.3. The van der Waals surface area contributed by atoms with Gasteiger partial charge in [-0.2, -0.15) is 10.2 Å². The van der Waals surface area contributed by atoms with E-state index in [0.29, 0.717) is 56.6 Å². The minimum absolute atomic E-state index is 0.0765. The van der Waals surface area contributed by atoms with Gasteiger partial charge >= 0.3 is 8.80 Å². The number of anilines is 1. The molecule has 0 aromatic heterocycles. The first-order valence-corrected chi connectivity index (χ1v) is 14.5. The molecule has 2 aromatic carbocycles. The van der Waals surface area contributed by atoms with Crippen LogP contribution in [-0.2, 0) is 22.9 Å². The van der Waals surface area contributed by atoms with Crippen molar-refractivity contribution in [3.8, 4) is 0 Å². The molecule has 0 heterocycles. The summed E-state index contributed by atoms with van der Waals surface area (Å²) in [6.45, 7) is 7.88. The van der Waals surface area contributed by atoms with Crippen LogP contribution in [0.2, 0.25) is 6.04 Å². The second kappa shape index (κ2) is 16.7. The Hall–Kier alpha value is -2.92. The van der Waals surface area contributed by atoms with Gasteiger partial charge in [0.25, 0.3) is 0 Å². The molecule has 36 heavy (non-hydrogen) atoms. The standard InChI is InChI=1S/C26H38N4O5Si/c1-4-33-36(34-5-2,35-6-3)21-11-20-27-25(31)14-10-15-26(32)28-22-16-18-24(19-17-22)30-29-23-12-8-7-9-13-23/h7-9,12-13,16-19H,4-6,10-11,14-15,20-21H2,1-3H3,(H,27,31)(H,28,32). The minimum atomic E-state index is -2.68. The molecule has 2 aromatic rings. The molecule has 0 atom stereocenters. The molecule has 0 fully saturated rings. The third-order valence-corrected chi connectivity index (χ3v) is 8.22. The van der Waals surface area contributed by atoms with E-state index in [2.05, 4.69) is 20.9 Å². The number of hydrogen-bond donors (Lipinski definition) is 2. The third kappa shape index (κ3) is 11.2. The maximum Gasteiger partial charge on any atom is 0.500 e. The van der Waals surface area contributed by atoms with E-state index in [1.807, 2.05) is 51.1 Å². The summed E-state index contributed by atoms with van der Waals surface area (Å²) in [6, 6.07) is 17.3. The van der Waals surface area contributed by atoms with Gasteiger partial charge in [-0.25, -0.2) is 0 Å². The predicted octanol–water partition coefficient (Wildman–Crippen LogP) is 5.77. The fraction of sp³-hybridized carbons (Fsp3) is 0.462. The van der Waals surface area contributed by atoms with Gasteiger partial charge in [-0.3, -0.25) is 9.59 Å². The quantitative estimate of drug-likeness (QED) is 0.158. The fourth-order valence-electron chi connectivity index (χ4n) is 3.48. The Morgan fingerprint density at radius 3 is 1.89 bits per heavy atom. The highest BCUT2D eigenvalue weighted by molar-refractivity contribution is 6.60. The average molecular weight is 515 g/mol. The van der Waals surface area contributed by atoms with Gasteiger partial charge in [-0.1, -0.05) is 18.2 Å². The molecule has 2 N–H and O–H groups in total. The van der Waals surface area contributed by atoms with Gasteiger partial charge in [0.1, 0.15) is 0 Å². The van der Waals surface area contributed by atoms with Gasteiger partial charge in [-0.05, 0) is 70.0 Å². The van der Waals surface area contributed by atoms with E-state index in [4.69, 9.17) is 13.3 Å². The zero-order valence-electron chi connectivity index (χ0n) is 21.5. The summed E-state index contributed by atoms with van der Waals surface area (Å²) in [5.74, 6) is -0.213. The summed E-state index contributed by atoms with van der Waals surface area (Å²) in [4.78, 5) is 24.4. The van der Waals surface area contributed by atoms with Gasteiger partial charge in [0.15, 0.2) is 0 Å². The SMILES string of the molecule is CCO[Si](CCCNC(=O)CCCC(=O)Nc1ccc(N=Nc2ccccc2)cc1)(OCC)OCC. The number of azo groups is 1. The predicted molar refractivity (Wildman–Crippen MR) is 143 cm³/mol. The van der Waals surface area contributed by atoms with Crippen LogP contribution in [0.25, 0.3) is 0 Å². The van der Waals surface area contributed by atoms with E-state index in [1.54, 1.807) is 24.3 Å². The minimum Gasteiger partial charge on any atom is -0.374 e. The molecule has 0 aliphatic carbocycles. The Bertz CT molecular complexity index is 924. The summed E-state index contributed by atoms with van der Waals surface area (Å²) in [5.41, 5.74) is 2.14. The van der Waals surface area contributed by atoms with Crippen LogP contribution in [0.3, 0.4) is 0 Å². The van der Waals surface area contributed by atoms with Crippen LogP contribution in [0.1, 0.15) is 46.5 Å². The van der Waals surface area contributed by atoms with Crippen LogP contribution in [0, 0.1) is 0 Å². The van der Waals surface area contributed by atoms with Crippen LogP contribution in [0.5, 0.6) is 0 Å². The van der Waals surface area contributed by atoms with Gasteiger partial charge in [-0.15, -0.1) is 0 Å². The first-order valence-electron chi connectivity index (χ1n) is 12.6. The molecule has 0 radical (unpaired) electrons. The molecular formula is C26H38N4O5Si. The first-order chi connectivity index (χ1) is 17.5. The summed E-state index contributed by atoms with van der Waals surface area (Å²) < 4.78 is 17.5. The normalized spacial score (nSPS) is 11.5. The van der Waals surface area contributed by atoms with Gasteiger partial charge in [0.05, 0.1) is 11.4 Å². The highest BCUT2D eigenvalue weighted by Crippen LogP contribution is 2.20. The molecule has 0 saturated heterocycles. The Morgan fingerprint density at radius 2 is 1.31 bits per heavy atom. The lowest BCUT2D eigenvalue weighted by Crippen LogP contribution is -2.46. The largest absolute Gasteiger partial charge is 0.500 e. The molecular weight excluding hydrogens is 476 g/mol. The number of nitrogens with zero attached hydrogens (tertiary/aromatic N) is 2. The van der Waals surface area contributed by atoms with Gasteiger partial charge in [0.2, 0.25) is 11.8 Å². The summed E-state index contributed by atoms with van der Waals surface area (Å²) in [7, 11) is -2.68. The van der Waals surface area contributed by atoms with Crippen LogP contribution < -0.4 is 10.6 Å². The molecule has 0 aliphatic heterocycles. The molecule has 0 unspecified atom stereocenters. The van der Waals surface area contributed by atoms with Crippen molar-refractivity contribution in [3.05, 3.63) is 54.6 Å². The van der Waals surface area contributed by atoms with Gasteiger partial charge in [0, 0.05) is 50.9 Å². The van der Waals surface area contributed by atoms with Crippen molar-refractivity contribution in [3.63, 3.8) is 0 Å². The molecule has 0 saturated carbocycles. The maximum atomic E-state index is 12.2. The lowest BCUT2D eigenvalue weighted by molar-refractivity contribution is -0.121. The second-order valence-corrected chi connectivity index (χ2v) is 10.7. The number of carbonyl (C=O) groups is 2. The van der Waals surface area contributed by atoms with Crippen molar-refractivity contribution in [1.82, 2.24) is 5.32 Å². The Morgan fingerprint density at radius 1 is 0.750 bits per heavy atom. The molecule has 2 amide bonds. The summed E-state index contributed by atoms with van der Waals surface area (Å²) in [5, 5.41) is 14.1. The topological polar surface area (TPSA) is 111 Å². The second-order valence-electron chi connectivity index (χ2n) is 7.92. The average Bonchev–Trinajstić information content (AvgIpc) is 2.87. The van der Waals surface area contributed by atoms with Crippen LogP contribution in [0.15, 0.2) is 64.8 Å². The molecule has 0 bridgehead atoms. The van der Waals surface area contributed by atoms with Crippen LogP contribution in [-0.4, -0.2) is 47.0 Å². The van der Waals surface area contributed by atoms with Crippen molar-refractivity contribution in [2.45, 2.75) is 52.5 Å². The molecule has 10 heteroatoms. The molecule has 2 rings (SSSR count). The molecule has 0 spiro atoms. The van der Waals surface area contributed by atoms with Crippen molar-refractivity contribution < 1.29 is 22.9 Å². The van der Waals surface area contributed by atoms with Crippen molar-refractivity contribution in [2.75, 3.05) is 31.7 Å². The molecule has 196 valence electrons. The van der Waals surface area contributed by atoms with E-state index >= 15 is 0 Å². The van der Waals surface area contributed by atoms with E-state index < -0.39 is 8.80 Å². The van der Waals surface area contributed by atoms with Gasteiger partial charge < -0.3 is 23.9 Å². The Balaban J connectivity index is 1.65. The zero-order valence-corrected chi connectivity index (χ0v) is 22.5.